The molecule has 0 spiro atoms. The van der Waals surface area contributed by atoms with Gasteiger partial charge in [0.25, 0.3) is 0 Å². The zero-order valence-electron chi connectivity index (χ0n) is 19.0. The zero-order chi connectivity index (χ0) is 24.0. The first-order valence-electron chi connectivity index (χ1n) is 11.2. The molecule has 1 aromatic carbocycles. The highest BCUT2D eigenvalue weighted by atomic mass is 19.4. The Morgan fingerprint density at radius 1 is 1.06 bits per heavy atom. The fourth-order valence-corrected chi connectivity index (χ4v) is 4.00. The Hall–Kier alpha value is -3.11. The van der Waals surface area contributed by atoms with E-state index in [2.05, 4.69) is 35.6 Å². The van der Waals surface area contributed by atoms with E-state index in [-0.39, 0.29) is 5.75 Å². The van der Waals surface area contributed by atoms with E-state index < -0.39 is 6.36 Å². The lowest BCUT2D eigenvalue weighted by molar-refractivity contribution is -0.274. The van der Waals surface area contributed by atoms with Crippen LogP contribution in [0.25, 0.3) is 11.3 Å². The first-order chi connectivity index (χ1) is 16.4. The van der Waals surface area contributed by atoms with E-state index in [1.807, 2.05) is 31.4 Å². The lowest BCUT2D eigenvalue weighted by atomic mass is 10.1. The highest BCUT2D eigenvalue weighted by molar-refractivity contribution is 5.59. The molecule has 0 unspecified atom stereocenters. The summed E-state index contributed by atoms with van der Waals surface area (Å²) in [6.45, 7) is 6.58. The molecular weight excluding hydrogens is 447 g/mol. The van der Waals surface area contributed by atoms with Gasteiger partial charge in [-0.15, -0.1) is 13.2 Å². The lowest BCUT2D eigenvalue weighted by Crippen LogP contribution is -2.47. The number of hydrogen-bond acceptors (Lipinski definition) is 7. The van der Waals surface area contributed by atoms with Crippen molar-refractivity contribution in [1.29, 1.82) is 0 Å². The van der Waals surface area contributed by atoms with Crippen molar-refractivity contribution in [1.82, 2.24) is 19.9 Å². The molecule has 34 heavy (non-hydrogen) atoms. The molecule has 1 saturated heterocycles. The van der Waals surface area contributed by atoms with E-state index in [9.17, 15) is 13.2 Å². The largest absolute Gasteiger partial charge is 0.573 e. The molecule has 0 aliphatic carbocycles. The third kappa shape index (κ3) is 6.94. The molecule has 1 aliphatic rings. The van der Waals surface area contributed by atoms with Crippen molar-refractivity contribution in [2.24, 2.45) is 0 Å². The Morgan fingerprint density at radius 3 is 2.50 bits per heavy atom. The summed E-state index contributed by atoms with van der Waals surface area (Å²) >= 11 is 0. The van der Waals surface area contributed by atoms with Crippen molar-refractivity contribution >= 4 is 5.82 Å². The van der Waals surface area contributed by atoms with Gasteiger partial charge in [-0.05, 0) is 63.0 Å². The summed E-state index contributed by atoms with van der Waals surface area (Å²) in [7, 11) is 2.03. The van der Waals surface area contributed by atoms with Gasteiger partial charge in [0.05, 0.1) is 6.54 Å². The number of ether oxygens (including phenoxy) is 1. The molecule has 3 aromatic rings. The molecule has 3 heterocycles. The molecular formula is C24H28F3N5O2. The minimum atomic E-state index is -4.71. The van der Waals surface area contributed by atoms with Gasteiger partial charge >= 0.3 is 6.36 Å². The quantitative estimate of drug-likeness (QED) is 0.458. The third-order valence-electron chi connectivity index (χ3n) is 5.73. The van der Waals surface area contributed by atoms with Crippen molar-refractivity contribution in [2.45, 2.75) is 19.3 Å². The number of rotatable bonds is 9. The summed E-state index contributed by atoms with van der Waals surface area (Å²) in [6, 6.07) is 13.4. The fraction of sp³-hybridized carbons (Fsp3) is 0.417. The molecule has 0 saturated carbocycles. The van der Waals surface area contributed by atoms with Gasteiger partial charge in [0, 0.05) is 44.0 Å². The average molecular weight is 476 g/mol. The molecule has 0 amide bonds. The molecule has 10 heteroatoms. The number of benzene rings is 1. The predicted octanol–water partition coefficient (Wildman–Crippen LogP) is 4.28. The minimum Gasteiger partial charge on any atom is -0.406 e. The molecule has 182 valence electrons. The molecule has 1 fully saturated rings. The van der Waals surface area contributed by atoms with Crippen LogP contribution in [0.4, 0.5) is 19.0 Å². The van der Waals surface area contributed by atoms with E-state index in [1.165, 1.54) is 24.3 Å². The molecule has 7 nitrogen and oxygen atoms in total. The van der Waals surface area contributed by atoms with E-state index in [0.29, 0.717) is 23.6 Å². The number of pyridine rings is 1. The first kappa shape index (κ1) is 24.0. The predicted molar refractivity (Wildman–Crippen MR) is 122 cm³/mol. The lowest BCUT2D eigenvalue weighted by Gasteiger charge is -2.35. The summed E-state index contributed by atoms with van der Waals surface area (Å²) in [5.74, 6) is 1.48. The number of halogens is 3. The molecule has 0 N–H and O–H groups in total. The molecule has 4 rings (SSSR count). The maximum atomic E-state index is 12.3. The van der Waals surface area contributed by atoms with Gasteiger partial charge in [0.1, 0.15) is 17.3 Å². The van der Waals surface area contributed by atoms with Crippen LogP contribution in [0.1, 0.15) is 12.2 Å². The molecule has 1 aliphatic heterocycles. The van der Waals surface area contributed by atoms with Gasteiger partial charge in [0.15, 0.2) is 5.76 Å². The summed E-state index contributed by atoms with van der Waals surface area (Å²) in [5, 5.41) is 4.05. The third-order valence-corrected chi connectivity index (χ3v) is 5.73. The van der Waals surface area contributed by atoms with Crippen molar-refractivity contribution in [2.75, 3.05) is 51.2 Å². The first-order valence-corrected chi connectivity index (χ1v) is 11.2. The number of alkyl halides is 3. The normalized spacial score (nSPS) is 15.1. The van der Waals surface area contributed by atoms with E-state index in [0.717, 1.165) is 51.5 Å². The standard InChI is InChI=1S/C24H28F3N5O2/c1-30(11-4-12-31-13-15-32(16-14-31)23-5-2-3-10-28-23)18-21-17-22(29-34-21)19-6-8-20(9-7-19)33-24(25,26)27/h2-3,5-10,17H,4,11-16,18H2,1H3. The summed E-state index contributed by atoms with van der Waals surface area (Å²) in [5.41, 5.74) is 1.24. The van der Waals surface area contributed by atoms with Crippen LogP contribution in [0.3, 0.4) is 0 Å². The van der Waals surface area contributed by atoms with Crippen LogP contribution in [0.15, 0.2) is 59.3 Å². The second kappa shape index (κ2) is 10.9. The number of piperazine rings is 1. The van der Waals surface area contributed by atoms with Crippen molar-refractivity contribution in [3.63, 3.8) is 0 Å². The Balaban J connectivity index is 1.18. The number of hydrogen-bond donors (Lipinski definition) is 0. The van der Waals surface area contributed by atoms with Crippen molar-refractivity contribution in [3.8, 4) is 17.0 Å². The zero-order valence-corrected chi connectivity index (χ0v) is 19.0. The SMILES string of the molecule is CN(CCCN1CCN(c2ccccn2)CC1)Cc1cc(-c2ccc(OC(F)(F)F)cc2)no1. The highest BCUT2D eigenvalue weighted by Crippen LogP contribution is 2.26. The summed E-state index contributed by atoms with van der Waals surface area (Å²) < 4.78 is 46.2. The van der Waals surface area contributed by atoms with Gasteiger partial charge in [-0.2, -0.15) is 0 Å². The smallest absolute Gasteiger partial charge is 0.406 e. The minimum absolute atomic E-state index is 0.266. The Bertz CT molecular complexity index is 1020. The van der Waals surface area contributed by atoms with Crippen LogP contribution in [-0.4, -0.2) is 72.6 Å². The average Bonchev–Trinajstić information content (AvgIpc) is 3.28. The Morgan fingerprint density at radius 2 is 1.82 bits per heavy atom. The van der Waals surface area contributed by atoms with Crippen LogP contribution in [0.5, 0.6) is 5.75 Å². The van der Waals surface area contributed by atoms with Gasteiger partial charge in [-0.25, -0.2) is 4.98 Å². The molecule has 0 bridgehead atoms. The molecule has 2 aromatic heterocycles. The summed E-state index contributed by atoms with van der Waals surface area (Å²) in [6.07, 6.45) is -1.83. The topological polar surface area (TPSA) is 57.9 Å². The van der Waals surface area contributed by atoms with Crippen LogP contribution in [0.2, 0.25) is 0 Å². The number of nitrogens with zero attached hydrogens (tertiary/aromatic N) is 5. The van der Waals surface area contributed by atoms with Gasteiger partial charge in [-0.1, -0.05) is 11.2 Å². The monoisotopic (exact) mass is 475 g/mol. The number of aromatic nitrogens is 2. The maximum Gasteiger partial charge on any atom is 0.573 e. The second-order valence-corrected chi connectivity index (χ2v) is 8.36. The van der Waals surface area contributed by atoms with Gasteiger partial charge < -0.3 is 14.2 Å². The molecule has 0 atom stereocenters. The maximum absolute atomic E-state index is 12.3. The van der Waals surface area contributed by atoms with Crippen molar-refractivity contribution < 1.29 is 22.4 Å². The number of anilines is 1. The highest BCUT2D eigenvalue weighted by Gasteiger charge is 2.31. The van der Waals surface area contributed by atoms with Crippen LogP contribution >= 0.6 is 0 Å². The fourth-order valence-electron chi connectivity index (χ4n) is 4.00. The van der Waals surface area contributed by atoms with E-state index >= 15 is 0 Å². The van der Waals surface area contributed by atoms with Crippen molar-refractivity contribution in [3.05, 3.63) is 60.5 Å². The van der Waals surface area contributed by atoms with Crippen LogP contribution in [0, 0.1) is 0 Å². The van der Waals surface area contributed by atoms with E-state index in [1.54, 1.807) is 0 Å². The van der Waals surface area contributed by atoms with Crippen LogP contribution < -0.4 is 9.64 Å². The van der Waals surface area contributed by atoms with Gasteiger partial charge in [-0.3, -0.25) is 9.80 Å². The Kier molecular flexibility index (Phi) is 7.69. The second-order valence-electron chi connectivity index (χ2n) is 8.36. The van der Waals surface area contributed by atoms with Gasteiger partial charge in [0.2, 0.25) is 0 Å². The molecule has 0 radical (unpaired) electrons. The van der Waals surface area contributed by atoms with Crippen LogP contribution in [-0.2, 0) is 6.54 Å². The summed E-state index contributed by atoms with van der Waals surface area (Å²) in [4.78, 5) is 11.4. The van der Waals surface area contributed by atoms with E-state index in [4.69, 9.17) is 4.52 Å². The Labute approximate surface area is 196 Å².